The van der Waals surface area contributed by atoms with Gasteiger partial charge in [-0.05, 0) is 69.9 Å². The van der Waals surface area contributed by atoms with Crippen LogP contribution in [0.15, 0.2) is 47.5 Å². The minimum atomic E-state index is -1.58. The summed E-state index contributed by atoms with van der Waals surface area (Å²) >= 11 is 0. The molecule has 3 aliphatic heterocycles. The summed E-state index contributed by atoms with van der Waals surface area (Å²) in [5.74, 6) is 0.557. The van der Waals surface area contributed by atoms with Gasteiger partial charge in [0.2, 0.25) is 5.91 Å². The van der Waals surface area contributed by atoms with Crippen molar-refractivity contribution in [1.82, 2.24) is 19.1 Å². The predicted molar refractivity (Wildman–Crippen MR) is 171 cm³/mol. The van der Waals surface area contributed by atoms with Crippen LogP contribution in [0.5, 0.6) is 0 Å². The number of carbonyl (C=O) groups is 2. The Morgan fingerprint density at radius 1 is 1.12 bits per heavy atom. The van der Waals surface area contributed by atoms with Crippen LogP contribution in [0.3, 0.4) is 0 Å². The number of amides is 1. The van der Waals surface area contributed by atoms with Gasteiger partial charge in [0, 0.05) is 25.2 Å². The van der Waals surface area contributed by atoms with Crippen LogP contribution in [-0.2, 0) is 31.9 Å². The number of aromatic nitrogens is 1. The summed E-state index contributed by atoms with van der Waals surface area (Å²) in [5.41, 5.74) is 5.24. The summed E-state index contributed by atoms with van der Waals surface area (Å²) in [6.07, 6.45) is 11.7. The first kappa shape index (κ1) is 33.8. The van der Waals surface area contributed by atoms with Gasteiger partial charge in [0.1, 0.15) is 22.1 Å². The minimum absolute atomic E-state index is 0.0306. The lowest BCUT2D eigenvalue weighted by molar-refractivity contribution is -0.586. The number of allylic oxidation sites excluding steroid dienone is 1. The quantitative estimate of drug-likeness (QED) is 0.178. The van der Waals surface area contributed by atoms with Crippen molar-refractivity contribution in [3.63, 3.8) is 0 Å². The molecule has 232 valence electrons. The maximum absolute atomic E-state index is 13.2. The molecule has 9 nitrogen and oxygen atoms in total. The molecule has 1 N–H and O–H groups in total. The molecule has 2 aromatic rings. The van der Waals surface area contributed by atoms with Gasteiger partial charge in [-0.25, -0.2) is 13.3 Å². The zero-order chi connectivity index (χ0) is 31.7. The summed E-state index contributed by atoms with van der Waals surface area (Å²) in [7, 11) is -0.262. The number of aryl methyl sites for hydroxylation is 2. The molecule has 3 saturated heterocycles. The second kappa shape index (κ2) is 15.7. The number of nitrogens with zero attached hydrogens (tertiary/aromatic N) is 4. The van der Waals surface area contributed by atoms with Gasteiger partial charge in [0.05, 0.1) is 45.4 Å². The summed E-state index contributed by atoms with van der Waals surface area (Å²) in [6.45, 7) is 16.1. The van der Waals surface area contributed by atoms with E-state index in [1.807, 2.05) is 45.9 Å². The van der Waals surface area contributed by atoms with Crippen molar-refractivity contribution in [3.8, 4) is 12.8 Å². The molecule has 0 radical (unpaired) electrons. The Kier molecular flexibility index (Phi) is 12.3. The Bertz CT molecular complexity index is 1340. The standard InChI is InChI=1S/C27H36N5O4S.C4H8.C2H2/c1-19-15-24(28-20(19)2)37(35)31-17-23(27(34)36-3)32(25(33)18-31)16-21-7-9-22(10-8-21)26(30-13-6-14-30)29-11-4-5-12-29;1-4(2)3;1-2/h7-10,15,23,28H,4-6,11-14,16-18H2,1-3H3;1H2,2-3H3;1-2H/q+1;;. The highest BCUT2D eigenvalue weighted by Crippen LogP contribution is 2.23. The fraction of sp³-hybridized carbons (Fsp3) is 0.485. The van der Waals surface area contributed by atoms with Gasteiger partial charge in [-0.15, -0.1) is 19.4 Å². The van der Waals surface area contributed by atoms with Crippen LogP contribution in [0, 0.1) is 26.7 Å². The third-order valence-corrected chi connectivity index (χ3v) is 9.00. The average molecular weight is 609 g/mol. The highest BCUT2D eigenvalue weighted by molar-refractivity contribution is 7.82. The number of nitrogens with one attached hydrogen (secondary N) is 1. The van der Waals surface area contributed by atoms with E-state index in [-0.39, 0.29) is 19.0 Å². The van der Waals surface area contributed by atoms with Crippen molar-refractivity contribution < 1.29 is 23.1 Å². The third kappa shape index (κ3) is 8.46. The molecular weight excluding hydrogens is 562 g/mol. The van der Waals surface area contributed by atoms with Crippen molar-refractivity contribution in [3.05, 3.63) is 64.9 Å². The van der Waals surface area contributed by atoms with Crippen LogP contribution in [0.2, 0.25) is 0 Å². The molecule has 1 amide bonds. The van der Waals surface area contributed by atoms with E-state index >= 15 is 0 Å². The Morgan fingerprint density at radius 2 is 1.72 bits per heavy atom. The number of amidine groups is 1. The fourth-order valence-electron chi connectivity index (χ4n) is 5.27. The number of likely N-dealkylation sites (tertiary alicyclic amines) is 1. The molecular formula is C33H46N5O4S+. The van der Waals surface area contributed by atoms with E-state index in [4.69, 9.17) is 4.74 Å². The maximum Gasteiger partial charge on any atom is 0.329 e. The molecule has 3 fully saturated rings. The lowest BCUT2D eigenvalue weighted by Crippen LogP contribution is -2.59. The number of aromatic amines is 1. The highest BCUT2D eigenvalue weighted by atomic mass is 32.2. The molecule has 0 spiro atoms. The molecule has 4 heterocycles. The number of piperazine rings is 1. The van der Waals surface area contributed by atoms with Gasteiger partial charge in [-0.2, -0.15) is 0 Å². The first-order chi connectivity index (χ1) is 20.6. The van der Waals surface area contributed by atoms with Gasteiger partial charge >= 0.3 is 5.97 Å². The number of carbonyl (C=O) groups excluding carboxylic acids is 2. The molecule has 0 saturated carbocycles. The number of benzene rings is 1. The molecule has 1 aromatic carbocycles. The van der Waals surface area contributed by atoms with E-state index < -0.39 is 23.0 Å². The molecule has 10 heteroatoms. The molecule has 1 aromatic heterocycles. The van der Waals surface area contributed by atoms with Crippen molar-refractivity contribution in [1.29, 1.82) is 0 Å². The average Bonchev–Trinajstić information content (AvgIpc) is 3.61. The van der Waals surface area contributed by atoms with Gasteiger partial charge < -0.3 is 14.6 Å². The van der Waals surface area contributed by atoms with Crippen LogP contribution in [0.25, 0.3) is 0 Å². The zero-order valence-corrected chi connectivity index (χ0v) is 27.0. The number of methoxy groups -OCH3 is 1. The first-order valence-electron chi connectivity index (χ1n) is 14.7. The van der Waals surface area contributed by atoms with E-state index in [0.29, 0.717) is 11.6 Å². The molecule has 0 aliphatic carbocycles. The Balaban J connectivity index is 0.000000780. The third-order valence-electron chi connectivity index (χ3n) is 7.66. The maximum atomic E-state index is 13.2. The fourth-order valence-corrected chi connectivity index (χ4v) is 6.57. The highest BCUT2D eigenvalue weighted by Gasteiger charge is 2.40. The Labute approximate surface area is 259 Å². The Morgan fingerprint density at radius 3 is 2.21 bits per heavy atom. The molecule has 2 unspecified atom stereocenters. The number of hydrogen-bond acceptors (Lipinski definition) is 4. The summed E-state index contributed by atoms with van der Waals surface area (Å²) in [5, 5.41) is 0.530. The van der Waals surface area contributed by atoms with Crippen LogP contribution < -0.4 is 0 Å². The van der Waals surface area contributed by atoms with Crippen molar-refractivity contribution >= 4 is 28.7 Å². The van der Waals surface area contributed by atoms with Crippen LogP contribution in [-0.4, -0.2) is 98.0 Å². The van der Waals surface area contributed by atoms with E-state index in [9.17, 15) is 13.8 Å². The lowest BCUT2D eigenvalue weighted by atomic mass is 10.1. The number of terminal acetylenes is 1. The molecule has 3 aliphatic rings. The second-order valence-electron chi connectivity index (χ2n) is 11.3. The van der Waals surface area contributed by atoms with Crippen LogP contribution in [0.4, 0.5) is 0 Å². The number of esters is 1. The molecule has 0 bridgehead atoms. The molecule has 5 rings (SSSR count). The van der Waals surface area contributed by atoms with Crippen LogP contribution >= 0.6 is 0 Å². The SMILES string of the molecule is C#C.C=C(C)C.COC(=O)C1CN(S(=O)c2cc(C)c(C)[nH]2)CC(=O)N1Cc1ccc(C(N2CCCC2)=[N+]2CCC2)cc1. The topological polar surface area (TPSA) is 89.0 Å². The van der Waals surface area contributed by atoms with Gasteiger partial charge in [0.15, 0.2) is 0 Å². The largest absolute Gasteiger partial charge is 0.467 e. The lowest BCUT2D eigenvalue weighted by Gasteiger charge is -2.38. The van der Waals surface area contributed by atoms with Gasteiger partial charge in [0.25, 0.3) is 5.84 Å². The van der Waals surface area contributed by atoms with E-state index in [2.05, 4.69) is 46.0 Å². The smallest absolute Gasteiger partial charge is 0.329 e. The van der Waals surface area contributed by atoms with Gasteiger partial charge in [-0.1, -0.05) is 17.7 Å². The summed E-state index contributed by atoms with van der Waals surface area (Å²) in [4.78, 5) is 33.1. The first-order valence-corrected chi connectivity index (χ1v) is 15.8. The minimum Gasteiger partial charge on any atom is -0.467 e. The second-order valence-corrected chi connectivity index (χ2v) is 12.8. The van der Waals surface area contributed by atoms with E-state index in [0.717, 1.165) is 43.0 Å². The van der Waals surface area contributed by atoms with E-state index in [1.54, 1.807) is 9.21 Å². The number of rotatable bonds is 6. The van der Waals surface area contributed by atoms with Crippen LogP contribution in [0.1, 0.15) is 55.5 Å². The Hall–Kier alpha value is -3.68. The molecule has 2 atom stereocenters. The van der Waals surface area contributed by atoms with Gasteiger partial charge in [-0.3, -0.25) is 14.3 Å². The number of ether oxygens (including phenoxy) is 1. The summed E-state index contributed by atoms with van der Waals surface area (Å²) in [6, 6.07) is 9.33. The number of hydrogen-bond donors (Lipinski definition) is 1. The normalized spacial score (nSPS) is 18.9. The van der Waals surface area contributed by atoms with Crippen molar-refractivity contribution in [2.75, 3.05) is 46.4 Å². The monoisotopic (exact) mass is 608 g/mol. The summed E-state index contributed by atoms with van der Waals surface area (Å²) < 4.78 is 22.2. The predicted octanol–water partition coefficient (Wildman–Crippen LogP) is 3.63. The van der Waals surface area contributed by atoms with E-state index in [1.165, 1.54) is 43.3 Å². The van der Waals surface area contributed by atoms with Crippen molar-refractivity contribution in [2.45, 2.75) is 64.6 Å². The zero-order valence-electron chi connectivity index (χ0n) is 26.2. The molecule has 43 heavy (non-hydrogen) atoms. The van der Waals surface area contributed by atoms with Crippen molar-refractivity contribution in [2.24, 2.45) is 0 Å². The number of H-pyrrole nitrogens is 1.